The molecule has 22 heavy (non-hydrogen) atoms. The molecule has 2 atom stereocenters. The van der Waals surface area contributed by atoms with Crippen LogP contribution >= 0.6 is 0 Å². The Labute approximate surface area is 128 Å². The van der Waals surface area contributed by atoms with E-state index >= 15 is 0 Å². The molecule has 114 valence electrons. The van der Waals surface area contributed by atoms with Gasteiger partial charge in [0, 0.05) is 29.9 Å². The average molecular weight is 297 g/mol. The van der Waals surface area contributed by atoms with Crippen LogP contribution in [0.5, 0.6) is 5.75 Å². The number of aromatic nitrogens is 1. The van der Waals surface area contributed by atoms with E-state index in [2.05, 4.69) is 4.98 Å². The summed E-state index contributed by atoms with van der Waals surface area (Å²) < 4.78 is 0. The lowest BCUT2D eigenvalue weighted by Crippen LogP contribution is -2.29. The van der Waals surface area contributed by atoms with Gasteiger partial charge in [-0.3, -0.25) is 0 Å². The third-order valence-electron chi connectivity index (χ3n) is 3.93. The second-order valence-corrected chi connectivity index (χ2v) is 5.57. The molecule has 0 saturated heterocycles. The minimum Gasteiger partial charge on any atom is -0.508 e. The maximum absolute atomic E-state index is 10.3. The van der Waals surface area contributed by atoms with Gasteiger partial charge in [0.1, 0.15) is 5.75 Å². The van der Waals surface area contributed by atoms with Crippen LogP contribution < -0.4 is 0 Å². The lowest BCUT2D eigenvalue weighted by atomic mass is 9.98. The van der Waals surface area contributed by atoms with Gasteiger partial charge in [0.2, 0.25) is 0 Å². The summed E-state index contributed by atoms with van der Waals surface area (Å²) in [4.78, 5) is 3.17. The Morgan fingerprint density at radius 2 is 1.55 bits per heavy atom. The highest BCUT2D eigenvalue weighted by molar-refractivity contribution is 5.83. The number of phenols is 1. The van der Waals surface area contributed by atoms with E-state index in [0.717, 1.165) is 22.0 Å². The van der Waals surface area contributed by atoms with Crippen molar-refractivity contribution in [2.45, 2.75) is 25.0 Å². The van der Waals surface area contributed by atoms with Gasteiger partial charge < -0.3 is 20.3 Å². The van der Waals surface area contributed by atoms with Crippen LogP contribution in [-0.2, 0) is 12.8 Å². The summed E-state index contributed by atoms with van der Waals surface area (Å²) in [6.45, 7) is 0. The fraction of sp³-hybridized carbons (Fsp3) is 0.222. The summed E-state index contributed by atoms with van der Waals surface area (Å²) >= 11 is 0. The number of nitrogens with one attached hydrogen (secondary N) is 1. The zero-order valence-corrected chi connectivity index (χ0v) is 12.1. The molecule has 1 aromatic heterocycles. The van der Waals surface area contributed by atoms with E-state index in [1.54, 1.807) is 24.3 Å². The third-order valence-corrected chi connectivity index (χ3v) is 3.93. The molecule has 2 unspecified atom stereocenters. The highest BCUT2D eigenvalue weighted by Crippen LogP contribution is 2.20. The molecule has 0 aliphatic rings. The second-order valence-electron chi connectivity index (χ2n) is 5.57. The number of fused-ring (bicyclic) bond motifs is 1. The molecule has 0 saturated carbocycles. The van der Waals surface area contributed by atoms with Crippen LogP contribution in [0, 0.1) is 0 Å². The molecule has 0 bridgehead atoms. The molecule has 4 N–H and O–H groups in total. The molecule has 3 aromatic rings. The monoisotopic (exact) mass is 297 g/mol. The quantitative estimate of drug-likeness (QED) is 0.584. The topological polar surface area (TPSA) is 76.5 Å². The van der Waals surface area contributed by atoms with Gasteiger partial charge in [0.15, 0.2) is 0 Å². The highest BCUT2D eigenvalue weighted by Gasteiger charge is 2.18. The van der Waals surface area contributed by atoms with E-state index in [9.17, 15) is 15.3 Å². The highest BCUT2D eigenvalue weighted by atomic mass is 16.3. The van der Waals surface area contributed by atoms with Crippen molar-refractivity contribution in [1.29, 1.82) is 0 Å². The van der Waals surface area contributed by atoms with Gasteiger partial charge in [0.05, 0.1) is 12.2 Å². The molecule has 0 aliphatic heterocycles. The van der Waals surface area contributed by atoms with E-state index < -0.39 is 12.2 Å². The average Bonchev–Trinajstić information content (AvgIpc) is 2.93. The number of hydrogen-bond acceptors (Lipinski definition) is 3. The van der Waals surface area contributed by atoms with Crippen molar-refractivity contribution >= 4 is 10.9 Å². The van der Waals surface area contributed by atoms with Crippen molar-refractivity contribution in [2.24, 2.45) is 0 Å². The van der Waals surface area contributed by atoms with Gasteiger partial charge >= 0.3 is 0 Å². The van der Waals surface area contributed by atoms with E-state index in [-0.39, 0.29) is 5.75 Å². The number of aliphatic hydroxyl groups is 2. The lowest BCUT2D eigenvalue weighted by molar-refractivity contribution is 0.0208. The number of aromatic hydroxyl groups is 1. The van der Waals surface area contributed by atoms with Crippen molar-refractivity contribution < 1.29 is 15.3 Å². The Morgan fingerprint density at radius 3 is 2.32 bits per heavy atom. The van der Waals surface area contributed by atoms with Crippen LogP contribution in [0.15, 0.2) is 54.7 Å². The molecule has 4 heteroatoms. The summed E-state index contributed by atoms with van der Waals surface area (Å²) in [6.07, 6.45) is 0.931. The minimum absolute atomic E-state index is 0.192. The lowest BCUT2D eigenvalue weighted by Gasteiger charge is -2.17. The predicted molar refractivity (Wildman–Crippen MR) is 85.8 cm³/mol. The smallest absolute Gasteiger partial charge is 0.115 e. The van der Waals surface area contributed by atoms with Gasteiger partial charge in [0.25, 0.3) is 0 Å². The first kappa shape index (κ1) is 14.6. The molecule has 1 heterocycles. The number of phenolic OH excluding ortho intramolecular Hbond substituents is 1. The van der Waals surface area contributed by atoms with Crippen molar-refractivity contribution in [3.05, 3.63) is 65.9 Å². The first-order valence-corrected chi connectivity index (χ1v) is 7.32. The summed E-state index contributed by atoms with van der Waals surface area (Å²) in [7, 11) is 0. The van der Waals surface area contributed by atoms with Crippen LogP contribution in [0.25, 0.3) is 10.9 Å². The van der Waals surface area contributed by atoms with E-state index in [0.29, 0.717) is 12.8 Å². The summed E-state index contributed by atoms with van der Waals surface area (Å²) in [5.74, 6) is 0.192. The maximum atomic E-state index is 10.3. The molecular formula is C18H19NO3. The summed E-state index contributed by atoms with van der Waals surface area (Å²) in [5, 5.41) is 30.8. The number of hydrogen-bond donors (Lipinski definition) is 4. The van der Waals surface area contributed by atoms with Crippen LogP contribution in [0.3, 0.4) is 0 Å². The number of rotatable bonds is 5. The Morgan fingerprint density at radius 1 is 0.864 bits per heavy atom. The number of aromatic amines is 1. The molecule has 4 nitrogen and oxygen atoms in total. The van der Waals surface area contributed by atoms with Crippen LogP contribution in [0.4, 0.5) is 0 Å². The Balaban J connectivity index is 1.68. The van der Waals surface area contributed by atoms with Gasteiger partial charge in [-0.25, -0.2) is 0 Å². The van der Waals surface area contributed by atoms with Crippen LogP contribution in [0.2, 0.25) is 0 Å². The fourth-order valence-corrected chi connectivity index (χ4v) is 2.67. The van der Waals surface area contributed by atoms with Crippen LogP contribution in [-0.4, -0.2) is 32.5 Å². The molecule has 2 aromatic carbocycles. The molecule has 0 radical (unpaired) electrons. The summed E-state index contributed by atoms with van der Waals surface area (Å²) in [6, 6.07) is 14.5. The fourth-order valence-electron chi connectivity index (χ4n) is 2.67. The number of benzene rings is 2. The van der Waals surface area contributed by atoms with Gasteiger partial charge in [-0.15, -0.1) is 0 Å². The Kier molecular flexibility index (Phi) is 4.13. The maximum Gasteiger partial charge on any atom is 0.115 e. The van der Waals surface area contributed by atoms with Crippen LogP contribution in [0.1, 0.15) is 11.1 Å². The molecule has 0 amide bonds. The van der Waals surface area contributed by atoms with Gasteiger partial charge in [-0.1, -0.05) is 30.3 Å². The molecule has 0 spiro atoms. The van der Waals surface area contributed by atoms with E-state index in [4.69, 9.17) is 0 Å². The normalized spacial score (nSPS) is 14.1. The SMILES string of the molecule is Oc1ccc(CC(O)C(O)Cc2c[nH]c3ccccc23)cc1. The largest absolute Gasteiger partial charge is 0.508 e. The number of H-pyrrole nitrogens is 1. The first-order valence-electron chi connectivity index (χ1n) is 7.32. The van der Waals surface area contributed by atoms with Crippen molar-refractivity contribution in [1.82, 2.24) is 4.98 Å². The number of para-hydroxylation sites is 1. The first-order chi connectivity index (χ1) is 10.6. The molecular weight excluding hydrogens is 278 g/mol. The van der Waals surface area contributed by atoms with Gasteiger partial charge in [-0.05, 0) is 29.3 Å². The number of aliphatic hydroxyl groups excluding tert-OH is 2. The second kappa shape index (κ2) is 6.22. The van der Waals surface area contributed by atoms with E-state index in [1.807, 2.05) is 30.5 Å². The van der Waals surface area contributed by atoms with E-state index in [1.165, 1.54) is 0 Å². The van der Waals surface area contributed by atoms with Crippen molar-refractivity contribution in [2.75, 3.05) is 0 Å². The molecule has 0 fully saturated rings. The van der Waals surface area contributed by atoms with Crippen molar-refractivity contribution in [3.63, 3.8) is 0 Å². The third kappa shape index (κ3) is 3.13. The predicted octanol–water partition coefficient (Wildman–Crippen LogP) is 2.38. The van der Waals surface area contributed by atoms with Crippen molar-refractivity contribution in [3.8, 4) is 5.75 Å². The van der Waals surface area contributed by atoms with Gasteiger partial charge in [-0.2, -0.15) is 0 Å². The molecule has 0 aliphatic carbocycles. The summed E-state index contributed by atoms with van der Waals surface area (Å²) in [5.41, 5.74) is 2.90. The molecule has 3 rings (SSSR count). The minimum atomic E-state index is -0.849. The Bertz CT molecular complexity index is 748. The Hall–Kier alpha value is -2.30. The zero-order valence-electron chi connectivity index (χ0n) is 12.1. The standard InChI is InChI=1S/C18H19NO3/c20-14-7-5-12(6-8-14)9-17(21)18(22)10-13-11-19-16-4-2-1-3-15(13)16/h1-8,11,17-22H,9-10H2. The zero-order chi connectivity index (χ0) is 15.5.